The minimum Gasteiger partial charge on any atom is -0.359 e. The number of pyridine rings is 1. The van der Waals surface area contributed by atoms with Gasteiger partial charge >= 0.3 is 0 Å². The van der Waals surface area contributed by atoms with Crippen molar-refractivity contribution in [3.63, 3.8) is 0 Å². The average Bonchev–Trinajstić information content (AvgIpc) is 3.36. The third kappa shape index (κ3) is 3.52. The quantitative estimate of drug-likeness (QED) is 0.831. The molecule has 140 valence electrons. The van der Waals surface area contributed by atoms with Crippen LogP contribution in [0.1, 0.15) is 48.7 Å². The lowest BCUT2D eigenvalue weighted by atomic mass is 9.94. The molecular formula is C20H23N5O2. The maximum Gasteiger partial charge on any atom is 0.226 e. The molecule has 7 nitrogen and oxygen atoms in total. The predicted molar refractivity (Wildman–Crippen MR) is 98.8 cm³/mol. The molecule has 1 unspecified atom stereocenters. The third-order valence-corrected chi connectivity index (χ3v) is 5.56. The molecule has 2 fully saturated rings. The lowest BCUT2D eigenvalue weighted by molar-refractivity contribution is -0.137. The Balaban J connectivity index is 1.38. The molecule has 7 heteroatoms. The van der Waals surface area contributed by atoms with E-state index in [0.717, 1.165) is 62.6 Å². The number of anilines is 1. The Morgan fingerprint density at radius 1 is 1.26 bits per heavy atom. The maximum absolute atomic E-state index is 13.1. The molecule has 27 heavy (non-hydrogen) atoms. The normalized spacial score (nSPS) is 20.7. The zero-order chi connectivity index (χ0) is 18.8. The van der Waals surface area contributed by atoms with Crippen LogP contribution in [0.3, 0.4) is 0 Å². The monoisotopic (exact) mass is 365 g/mol. The van der Waals surface area contributed by atoms with Crippen LogP contribution < -0.4 is 4.90 Å². The minimum atomic E-state index is 0.0249. The van der Waals surface area contributed by atoms with Crippen molar-refractivity contribution in [2.75, 3.05) is 24.5 Å². The second kappa shape index (κ2) is 7.39. The first-order chi connectivity index (χ1) is 13.2. The van der Waals surface area contributed by atoms with Crippen LogP contribution in [0.5, 0.6) is 0 Å². The van der Waals surface area contributed by atoms with E-state index in [1.807, 2.05) is 24.0 Å². The Morgan fingerprint density at radius 2 is 2.07 bits per heavy atom. The number of aryl methyl sites for hydroxylation is 1. The van der Waals surface area contributed by atoms with E-state index in [4.69, 9.17) is 9.78 Å². The van der Waals surface area contributed by atoms with Gasteiger partial charge in [-0.25, -0.2) is 4.98 Å². The van der Waals surface area contributed by atoms with Crippen LogP contribution in [0.4, 0.5) is 5.82 Å². The molecule has 4 rings (SSSR count). The van der Waals surface area contributed by atoms with Gasteiger partial charge < -0.3 is 14.3 Å². The average molecular weight is 365 g/mol. The number of amides is 1. The number of carbonyl (C=O) groups excluding carboxylic acids is 1. The zero-order valence-electron chi connectivity index (χ0n) is 15.5. The van der Waals surface area contributed by atoms with Crippen molar-refractivity contribution in [3.8, 4) is 6.07 Å². The van der Waals surface area contributed by atoms with E-state index >= 15 is 0 Å². The van der Waals surface area contributed by atoms with E-state index in [1.165, 1.54) is 0 Å². The fourth-order valence-corrected chi connectivity index (χ4v) is 4.10. The smallest absolute Gasteiger partial charge is 0.226 e. The summed E-state index contributed by atoms with van der Waals surface area (Å²) in [5.41, 5.74) is 1.42. The molecule has 2 aliphatic rings. The molecule has 2 aliphatic heterocycles. The summed E-state index contributed by atoms with van der Waals surface area (Å²) in [6.45, 7) is 4.30. The van der Waals surface area contributed by atoms with Crippen molar-refractivity contribution in [1.82, 2.24) is 15.0 Å². The van der Waals surface area contributed by atoms with Gasteiger partial charge in [-0.3, -0.25) is 4.79 Å². The largest absolute Gasteiger partial charge is 0.359 e. The van der Waals surface area contributed by atoms with E-state index in [9.17, 15) is 4.79 Å². The van der Waals surface area contributed by atoms with Crippen molar-refractivity contribution in [3.05, 3.63) is 41.4 Å². The number of aromatic nitrogens is 2. The van der Waals surface area contributed by atoms with Crippen LogP contribution in [-0.4, -0.2) is 40.6 Å². The highest BCUT2D eigenvalue weighted by Crippen LogP contribution is 2.35. The number of rotatable bonds is 3. The van der Waals surface area contributed by atoms with E-state index in [1.54, 1.807) is 12.3 Å². The van der Waals surface area contributed by atoms with Crippen molar-refractivity contribution >= 4 is 11.7 Å². The first-order valence-corrected chi connectivity index (χ1v) is 9.50. The highest BCUT2D eigenvalue weighted by molar-refractivity contribution is 5.80. The van der Waals surface area contributed by atoms with E-state index in [0.29, 0.717) is 5.56 Å². The number of hydrogen-bond donors (Lipinski definition) is 0. The SMILES string of the molecule is Cc1cc(C2CCCN2C(=O)C2CCN(c3ccc(C#N)cn3)CC2)on1. The van der Waals surface area contributed by atoms with Crippen molar-refractivity contribution in [2.45, 2.75) is 38.6 Å². The van der Waals surface area contributed by atoms with Crippen molar-refractivity contribution < 1.29 is 9.32 Å². The van der Waals surface area contributed by atoms with Gasteiger partial charge in [-0.15, -0.1) is 0 Å². The molecule has 0 aliphatic carbocycles. The topological polar surface area (TPSA) is 86.3 Å². The number of piperidine rings is 1. The molecule has 1 atom stereocenters. The second-order valence-corrected chi connectivity index (χ2v) is 7.34. The molecule has 2 aromatic rings. The Bertz CT molecular complexity index is 846. The molecule has 0 saturated carbocycles. The summed E-state index contributed by atoms with van der Waals surface area (Å²) in [5.74, 6) is 1.96. The van der Waals surface area contributed by atoms with Gasteiger partial charge in [0.2, 0.25) is 5.91 Å². The highest BCUT2D eigenvalue weighted by atomic mass is 16.5. The lowest BCUT2D eigenvalue weighted by Gasteiger charge is -2.35. The van der Waals surface area contributed by atoms with Gasteiger partial charge in [-0.1, -0.05) is 5.16 Å². The first kappa shape index (κ1) is 17.5. The number of likely N-dealkylation sites (tertiary alicyclic amines) is 1. The molecule has 2 aromatic heterocycles. The van der Waals surface area contributed by atoms with Crippen molar-refractivity contribution in [1.29, 1.82) is 5.26 Å². The third-order valence-electron chi connectivity index (χ3n) is 5.56. The molecule has 4 heterocycles. The highest BCUT2D eigenvalue weighted by Gasteiger charge is 2.37. The predicted octanol–water partition coefficient (Wildman–Crippen LogP) is 2.83. The molecular weight excluding hydrogens is 342 g/mol. The summed E-state index contributed by atoms with van der Waals surface area (Å²) in [7, 11) is 0. The van der Waals surface area contributed by atoms with Crippen molar-refractivity contribution in [2.24, 2.45) is 5.92 Å². The number of nitriles is 1. The molecule has 0 N–H and O–H groups in total. The maximum atomic E-state index is 13.1. The zero-order valence-corrected chi connectivity index (χ0v) is 15.5. The second-order valence-electron chi connectivity index (χ2n) is 7.34. The summed E-state index contributed by atoms with van der Waals surface area (Å²) in [6.07, 6.45) is 5.18. The van der Waals surface area contributed by atoms with Gasteiger partial charge in [0, 0.05) is 37.8 Å². The summed E-state index contributed by atoms with van der Waals surface area (Å²) >= 11 is 0. The van der Waals surface area contributed by atoms with Crippen LogP contribution in [0.25, 0.3) is 0 Å². The Kier molecular flexibility index (Phi) is 4.80. The Hall–Kier alpha value is -2.88. The Morgan fingerprint density at radius 3 is 2.70 bits per heavy atom. The minimum absolute atomic E-state index is 0.0249. The molecule has 0 spiro atoms. The van der Waals surface area contributed by atoms with Gasteiger partial charge in [0.1, 0.15) is 11.9 Å². The first-order valence-electron chi connectivity index (χ1n) is 9.50. The molecule has 0 radical (unpaired) electrons. The number of nitrogens with zero attached hydrogens (tertiary/aromatic N) is 5. The number of carbonyl (C=O) groups is 1. The fourth-order valence-electron chi connectivity index (χ4n) is 4.10. The molecule has 1 amide bonds. The van der Waals surface area contributed by atoms with Gasteiger partial charge in [0.15, 0.2) is 5.76 Å². The van der Waals surface area contributed by atoms with Gasteiger partial charge in [0.05, 0.1) is 17.3 Å². The van der Waals surface area contributed by atoms with Gasteiger partial charge in [-0.05, 0) is 44.7 Å². The van der Waals surface area contributed by atoms with Crippen LogP contribution in [-0.2, 0) is 4.79 Å². The lowest BCUT2D eigenvalue weighted by Crippen LogP contribution is -2.42. The molecule has 2 saturated heterocycles. The van der Waals surface area contributed by atoms with Gasteiger partial charge in [0.25, 0.3) is 0 Å². The summed E-state index contributed by atoms with van der Waals surface area (Å²) in [6, 6.07) is 7.71. The summed E-state index contributed by atoms with van der Waals surface area (Å²) in [5, 5.41) is 12.9. The summed E-state index contributed by atoms with van der Waals surface area (Å²) in [4.78, 5) is 21.6. The van der Waals surface area contributed by atoms with Crippen LogP contribution in [0, 0.1) is 24.2 Å². The van der Waals surface area contributed by atoms with E-state index in [-0.39, 0.29) is 17.9 Å². The standard InChI is InChI=1S/C20H23N5O2/c1-14-11-18(27-23-14)17-3-2-8-25(17)20(26)16-6-9-24(10-7-16)19-5-4-15(12-21)13-22-19/h4-5,11,13,16-17H,2-3,6-10H2,1H3. The van der Waals surface area contributed by atoms with Crippen LogP contribution in [0.15, 0.2) is 28.9 Å². The number of hydrogen-bond acceptors (Lipinski definition) is 6. The van der Waals surface area contributed by atoms with Gasteiger partial charge in [-0.2, -0.15) is 5.26 Å². The molecule has 0 aromatic carbocycles. The fraction of sp³-hybridized carbons (Fsp3) is 0.500. The molecule has 0 bridgehead atoms. The van der Waals surface area contributed by atoms with Crippen LogP contribution >= 0.6 is 0 Å². The summed E-state index contributed by atoms with van der Waals surface area (Å²) < 4.78 is 5.43. The van der Waals surface area contributed by atoms with E-state index < -0.39 is 0 Å². The van der Waals surface area contributed by atoms with Crippen LogP contribution in [0.2, 0.25) is 0 Å². The van der Waals surface area contributed by atoms with E-state index in [2.05, 4.69) is 21.1 Å². The Labute approximate surface area is 158 Å².